The van der Waals surface area contributed by atoms with Crippen LogP contribution in [-0.4, -0.2) is 11.1 Å². The first-order chi connectivity index (χ1) is 13.1. The largest absolute Gasteiger partial charge is 0.488 e. The Morgan fingerprint density at radius 2 is 1.70 bits per heavy atom. The van der Waals surface area contributed by atoms with E-state index in [2.05, 4.69) is 0 Å². The number of carboxylic acids is 1. The maximum atomic E-state index is 11.3. The number of allylic oxidation sites excluding steroid dienone is 1. The fourth-order valence-electron chi connectivity index (χ4n) is 2.95. The van der Waals surface area contributed by atoms with E-state index in [4.69, 9.17) is 4.74 Å². The standard InChI is InChI=1S/C24H22O3/c1-18-9-7-14-21(23(18)27-17-19-10-3-2-4-11-19)15-8-13-20-12-5-6-16-22(20)24(25)26/h2-12,14-16H,13,17H2,1H3,(H,25,26)/b15-8-. The molecule has 3 nitrogen and oxygen atoms in total. The molecule has 3 rings (SSSR count). The van der Waals surface area contributed by atoms with Crippen molar-refractivity contribution in [3.63, 3.8) is 0 Å². The zero-order valence-electron chi connectivity index (χ0n) is 15.3. The first kappa shape index (κ1) is 18.5. The summed E-state index contributed by atoms with van der Waals surface area (Å²) in [5.41, 5.74) is 4.30. The van der Waals surface area contributed by atoms with E-state index < -0.39 is 5.97 Å². The van der Waals surface area contributed by atoms with Crippen LogP contribution >= 0.6 is 0 Å². The quantitative estimate of drug-likeness (QED) is 0.604. The summed E-state index contributed by atoms with van der Waals surface area (Å²) in [6.45, 7) is 2.53. The summed E-state index contributed by atoms with van der Waals surface area (Å²) in [7, 11) is 0. The van der Waals surface area contributed by atoms with Gasteiger partial charge in [0.05, 0.1) is 5.56 Å². The molecule has 136 valence electrons. The highest BCUT2D eigenvalue weighted by atomic mass is 16.5. The van der Waals surface area contributed by atoms with E-state index in [1.165, 1.54) is 0 Å². The van der Waals surface area contributed by atoms with Crippen LogP contribution in [-0.2, 0) is 13.0 Å². The van der Waals surface area contributed by atoms with Gasteiger partial charge in [0.1, 0.15) is 12.4 Å². The molecule has 0 unspecified atom stereocenters. The van der Waals surface area contributed by atoms with Crippen molar-refractivity contribution in [3.05, 3.63) is 107 Å². The molecule has 3 aromatic rings. The van der Waals surface area contributed by atoms with E-state index in [9.17, 15) is 9.90 Å². The Bertz CT molecular complexity index is 943. The van der Waals surface area contributed by atoms with Crippen LogP contribution in [0.15, 0.2) is 78.9 Å². The lowest BCUT2D eigenvalue weighted by molar-refractivity contribution is 0.0696. The zero-order chi connectivity index (χ0) is 19.1. The number of aryl methyl sites for hydroxylation is 1. The second-order valence-corrected chi connectivity index (χ2v) is 6.34. The molecular formula is C24H22O3. The Balaban J connectivity index is 1.76. The van der Waals surface area contributed by atoms with E-state index in [1.807, 2.05) is 79.7 Å². The lowest BCUT2D eigenvalue weighted by atomic mass is 10.0. The fraction of sp³-hybridized carbons (Fsp3) is 0.125. The third-order valence-electron chi connectivity index (χ3n) is 4.35. The number of hydrogen-bond acceptors (Lipinski definition) is 2. The topological polar surface area (TPSA) is 46.5 Å². The summed E-state index contributed by atoms with van der Waals surface area (Å²) >= 11 is 0. The van der Waals surface area contributed by atoms with Crippen LogP contribution in [0, 0.1) is 6.92 Å². The van der Waals surface area contributed by atoms with Crippen LogP contribution in [0.1, 0.15) is 32.6 Å². The number of aromatic carboxylic acids is 1. The van der Waals surface area contributed by atoms with Gasteiger partial charge in [0, 0.05) is 5.56 Å². The van der Waals surface area contributed by atoms with Gasteiger partial charge in [0.2, 0.25) is 0 Å². The van der Waals surface area contributed by atoms with Gasteiger partial charge in [-0.05, 0) is 36.1 Å². The van der Waals surface area contributed by atoms with Crippen molar-refractivity contribution < 1.29 is 14.6 Å². The molecule has 0 aromatic heterocycles. The molecule has 0 atom stereocenters. The molecule has 0 heterocycles. The van der Waals surface area contributed by atoms with Crippen molar-refractivity contribution in [2.24, 2.45) is 0 Å². The number of rotatable bonds is 7. The molecule has 0 saturated carbocycles. The molecular weight excluding hydrogens is 336 g/mol. The Morgan fingerprint density at radius 3 is 2.48 bits per heavy atom. The normalized spacial score (nSPS) is 10.9. The first-order valence-electron chi connectivity index (χ1n) is 8.89. The third kappa shape index (κ3) is 4.85. The highest BCUT2D eigenvalue weighted by Gasteiger charge is 2.08. The molecule has 0 amide bonds. The van der Waals surface area contributed by atoms with Crippen molar-refractivity contribution in [2.45, 2.75) is 20.0 Å². The van der Waals surface area contributed by atoms with Crippen LogP contribution in [0.25, 0.3) is 6.08 Å². The number of hydrogen-bond donors (Lipinski definition) is 1. The predicted molar refractivity (Wildman–Crippen MR) is 108 cm³/mol. The summed E-state index contributed by atoms with van der Waals surface area (Å²) in [6.07, 6.45) is 4.52. The lowest BCUT2D eigenvalue weighted by Crippen LogP contribution is -2.01. The van der Waals surface area contributed by atoms with Gasteiger partial charge in [-0.25, -0.2) is 4.79 Å². The van der Waals surface area contributed by atoms with E-state index >= 15 is 0 Å². The number of carboxylic acid groups (broad SMARTS) is 1. The zero-order valence-corrected chi connectivity index (χ0v) is 15.3. The van der Waals surface area contributed by atoms with Crippen molar-refractivity contribution in [2.75, 3.05) is 0 Å². The average molecular weight is 358 g/mol. The van der Waals surface area contributed by atoms with E-state index in [0.717, 1.165) is 28.0 Å². The second-order valence-electron chi connectivity index (χ2n) is 6.34. The van der Waals surface area contributed by atoms with Crippen LogP contribution in [0.4, 0.5) is 0 Å². The summed E-state index contributed by atoms with van der Waals surface area (Å²) in [5.74, 6) is -0.0504. The van der Waals surface area contributed by atoms with Crippen molar-refractivity contribution >= 4 is 12.0 Å². The molecule has 3 heteroatoms. The smallest absolute Gasteiger partial charge is 0.335 e. The van der Waals surface area contributed by atoms with E-state index in [1.54, 1.807) is 12.1 Å². The van der Waals surface area contributed by atoms with Crippen molar-refractivity contribution in [3.8, 4) is 5.75 Å². The molecule has 0 fully saturated rings. The Morgan fingerprint density at radius 1 is 0.963 bits per heavy atom. The summed E-state index contributed by atoms with van der Waals surface area (Å²) in [5, 5.41) is 9.30. The molecule has 0 aliphatic heterocycles. The second kappa shape index (κ2) is 8.86. The van der Waals surface area contributed by atoms with Crippen molar-refractivity contribution in [1.29, 1.82) is 0 Å². The maximum Gasteiger partial charge on any atom is 0.335 e. The minimum absolute atomic E-state index is 0.340. The maximum absolute atomic E-state index is 11.3. The van der Waals surface area contributed by atoms with Crippen LogP contribution in [0.2, 0.25) is 0 Å². The Hall–Kier alpha value is -3.33. The SMILES string of the molecule is Cc1cccc(/C=C\Cc2ccccc2C(=O)O)c1OCc1ccccc1. The number of benzene rings is 3. The van der Waals surface area contributed by atoms with Gasteiger partial charge in [0.25, 0.3) is 0 Å². The van der Waals surface area contributed by atoms with Crippen LogP contribution in [0.5, 0.6) is 5.75 Å². The summed E-state index contributed by atoms with van der Waals surface area (Å²) < 4.78 is 6.07. The minimum atomic E-state index is -0.901. The minimum Gasteiger partial charge on any atom is -0.488 e. The molecule has 0 spiro atoms. The van der Waals surface area contributed by atoms with Gasteiger partial charge >= 0.3 is 5.97 Å². The molecule has 0 aliphatic rings. The molecule has 0 saturated heterocycles. The van der Waals surface area contributed by atoms with Gasteiger partial charge in [-0.15, -0.1) is 0 Å². The van der Waals surface area contributed by atoms with E-state index in [-0.39, 0.29) is 0 Å². The fourth-order valence-corrected chi connectivity index (χ4v) is 2.95. The molecule has 3 aromatic carbocycles. The molecule has 0 aliphatic carbocycles. The summed E-state index contributed by atoms with van der Waals surface area (Å²) in [6, 6.07) is 23.2. The lowest BCUT2D eigenvalue weighted by Gasteiger charge is -2.12. The average Bonchev–Trinajstić information content (AvgIpc) is 2.68. The van der Waals surface area contributed by atoms with Crippen LogP contribution < -0.4 is 4.74 Å². The van der Waals surface area contributed by atoms with E-state index in [0.29, 0.717) is 18.6 Å². The van der Waals surface area contributed by atoms with Crippen molar-refractivity contribution in [1.82, 2.24) is 0 Å². The Kier molecular flexibility index (Phi) is 6.06. The van der Waals surface area contributed by atoms with Gasteiger partial charge < -0.3 is 9.84 Å². The highest BCUT2D eigenvalue weighted by Crippen LogP contribution is 2.26. The Labute approximate surface area is 159 Å². The molecule has 27 heavy (non-hydrogen) atoms. The summed E-state index contributed by atoms with van der Waals surface area (Å²) in [4.78, 5) is 11.3. The highest BCUT2D eigenvalue weighted by molar-refractivity contribution is 5.89. The number of carbonyl (C=O) groups is 1. The molecule has 0 radical (unpaired) electrons. The van der Waals surface area contributed by atoms with Crippen LogP contribution in [0.3, 0.4) is 0 Å². The molecule has 1 N–H and O–H groups in total. The monoisotopic (exact) mass is 358 g/mol. The third-order valence-corrected chi connectivity index (χ3v) is 4.35. The van der Waals surface area contributed by atoms with Gasteiger partial charge in [-0.2, -0.15) is 0 Å². The number of ether oxygens (including phenoxy) is 1. The first-order valence-corrected chi connectivity index (χ1v) is 8.89. The number of para-hydroxylation sites is 1. The van der Waals surface area contributed by atoms with Gasteiger partial charge in [-0.3, -0.25) is 0 Å². The predicted octanol–water partition coefficient (Wildman–Crippen LogP) is 5.53. The molecule has 0 bridgehead atoms. The van der Waals surface area contributed by atoms with Gasteiger partial charge in [0.15, 0.2) is 0 Å². The van der Waals surface area contributed by atoms with Gasteiger partial charge in [-0.1, -0.05) is 78.9 Å².